The molecule has 0 saturated carbocycles. The lowest BCUT2D eigenvalue weighted by Gasteiger charge is -2.02. The van der Waals surface area contributed by atoms with E-state index in [-0.39, 0.29) is 6.61 Å². The van der Waals surface area contributed by atoms with Crippen LogP contribution in [-0.4, -0.2) is 23.9 Å². The minimum atomic E-state index is -1.59. The van der Waals surface area contributed by atoms with E-state index in [9.17, 15) is 9.00 Å². The molecular formula is C11H10O4S. The Labute approximate surface area is 95.5 Å². The third kappa shape index (κ3) is 1.91. The highest BCUT2D eigenvalue weighted by molar-refractivity contribution is 7.90. The Balaban J connectivity index is 2.50. The molecule has 5 heteroatoms. The van der Waals surface area contributed by atoms with Crippen molar-refractivity contribution in [3.8, 4) is 0 Å². The first kappa shape index (κ1) is 11.0. The molecule has 0 radical (unpaired) electrons. The molecule has 1 heterocycles. The molecule has 1 unspecified atom stereocenters. The average molecular weight is 238 g/mol. The summed E-state index contributed by atoms with van der Waals surface area (Å²) < 4.78 is 21.2. The zero-order valence-corrected chi connectivity index (χ0v) is 9.45. The molecule has 0 aliphatic carbocycles. The first-order chi connectivity index (χ1) is 7.74. The number of rotatable bonds is 2. The van der Waals surface area contributed by atoms with E-state index in [4.69, 9.17) is 4.18 Å². The summed E-state index contributed by atoms with van der Waals surface area (Å²) in [5.74, 6) is -0.496. The number of ether oxygens (including phenoxy) is 1. The highest BCUT2D eigenvalue weighted by Gasteiger charge is 2.29. The molecule has 0 amide bonds. The van der Waals surface area contributed by atoms with Crippen LogP contribution in [0.4, 0.5) is 0 Å². The second kappa shape index (κ2) is 4.59. The lowest BCUT2D eigenvalue weighted by Crippen LogP contribution is -2.07. The predicted molar refractivity (Wildman–Crippen MR) is 59.5 cm³/mol. The summed E-state index contributed by atoms with van der Waals surface area (Å²) in [6.07, 6.45) is 0. The van der Waals surface area contributed by atoms with E-state index in [1.165, 1.54) is 7.11 Å². The van der Waals surface area contributed by atoms with Crippen LogP contribution in [0.2, 0.25) is 0 Å². The minimum Gasteiger partial charge on any atom is -0.466 e. The topological polar surface area (TPSA) is 52.6 Å². The van der Waals surface area contributed by atoms with Crippen molar-refractivity contribution >= 4 is 22.0 Å². The van der Waals surface area contributed by atoms with Gasteiger partial charge in [0.1, 0.15) is 0 Å². The smallest absolute Gasteiger partial charge is 0.337 e. The van der Waals surface area contributed by atoms with Gasteiger partial charge in [-0.2, -0.15) is 0 Å². The van der Waals surface area contributed by atoms with Crippen molar-refractivity contribution in [2.24, 2.45) is 0 Å². The Morgan fingerprint density at radius 1 is 1.38 bits per heavy atom. The number of methoxy groups -OCH3 is 1. The van der Waals surface area contributed by atoms with Crippen LogP contribution in [0.3, 0.4) is 0 Å². The quantitative estimate of drug-likeness (QED) is 0.728. The predicted octanol–water partition coefficient (Wildman–Crippen LogP) is 1.26. The number of hydrogen-bond donors (Lipinski definition) is 0. The molecule has 1 aromatic carbocycles. The molecule has 84 valence electrons. The van der Waals surface area contributed by atoms with Crippen molar-refractivity contribution in [1.29, 1.82) is 0 Å². The summed E-state index contributed by atoms with van der Waals surface area (Å²) in [7, 11) is 1.29. The largest absolute Gasteiger partial charge is 0.466 e. The lowest BCUT2D eigenvalue weighted by atomic mass is 10.1. The van der Waals surface area contributed by atoms with Crippen LogP contribution >= 0.6 is 0 Å². The van der Waals surface area contributed by atoms with E-state index in [0.717, 1.165) is 5.56 Å². The molecular weight excluding hydrogens is 228 g/mol. The number of esters is 1. The Morgan fingerprint density at radius 3 is 2.69 bits per heavy atom. The first-order valence-electron chi connectivity index (χ1n) is 4.66. The van der Waals surface area contributed by atoms with Crippen molar-refractivity contribution in [1.82, 2.24) is 0 Å². The third-order valence-electron chi connectivity index (χ3n) is 2.22. The van der Waals surface area contributed by atoms with Crippen molar-refractivity contribution < 1.29 is 17.9 Å². The molecule has 0 bridgehead atoms. The van der Waals surface area contributed by atoms with Gasteiger partial charge in [0.15, 0.2) is 11.1 Å². The summed E-state index contributed by atoms with van der Waals surface area (Å²) in [6.45, 7) is 0.0313. The van der Waals surface area contributed by atoms with Crippen LogP contribution < -0.4 is 0 Å². The number of carbonyl (C=O) groups excluding carboxylic acids is 1. The fourth-order valence-corrected chi connectivity index (χ4v) is 2.49. The van der Waals surface area contributed by atoms with Crippen LogP contribution in [0.5, 0.6) is 0 Å². The van der Waals surface area contributed by atoms with Gasteiger partial charge in [-0.15, -0.1) is 0 Å². The molecule has 0 spiro atoms. The second-order valence-corrected chi connectivity index (χ2v) is 4.28. The number of hydrogen-bond acceptors (Lipinski definition) is 4. The van der Waals surface area contributed by atoms with Gasteiger partial charge >= 0.3 is 5.97 Å². The van der Waals surface area contributed by atoms with E-state index < -0.39 is 17.0 Å². The monoisotopic (exact) mass is 238 g/mol. The van der Waals surface area contributed by atoms with Crippen LogP contribution in [-0.2, 0) is 24.8 Å². The number of benzene rings is 1. The van der Waals surface area contributed by atoms with Gasteiger partial charge in [0.05, 0.1) is 24.2 Å². The maximum absolute atomic E-state index is 11.6. The Kier molecular flexibility index (Phi) is 3.17. The van der Waals surface area contributed by atoms with Crippen LogP contribution in [0.15, 0.2) is 35.9 Å². The van der Waals surface area contributed by atoms with E-state index >= 15 is 0 Å². The maximum atomic E-state index is 11.6. The molecule has 0 aromatic heterocycles. The lowest BCUT2D eigenvalue weighted by molar-refractivity contribution is -0.136. The molecule has 0 fully saturated rings. The van der Waals surface area contributed by atoms with Gasteiger partial charge in [-0.05, 0) is 5.56 Å². The van der Waals surface area contributed by atoms with Gasteiger partial charge in [0, 0.05) is 0 Å². The fraction of sp³-hybridized carbons (Fsp3) is 0.182. The van der Waals surface area contributed by atoms with Crippen molar-refractivity contribution in [2.45, 2.75) is 0 Å². The van der Waals surface area contributed by atoms with Gasteiger partial charge < -0.3 is 4.74 Å². The van der Waals surface area contributed by atoms with Crippen LogP contribution in [0.1, 0.15) is 5.56 Å². The average Bonchev–Trinajstić information content (AvgIpc) is 2.71. The Hall–Kier alpha value is -1.46. The number of carbonyl (C=O) groups is 1. The molecule has 0 saturated heterocycles. The Morgan fingerprint density at radius 2 is 2.06 bits per heavy atom. The summed E-state index contributed by atoms with van der Waals surface area (Å²) in [6, 6.07) is 9.04. The highest BCUT2D eigenvalue weighted by Crippen LogP contribution is 2.29. The van der Waals surface area contributed by atoms with E-state index in [0.29, 0.717) is 10.5 Å². The van der Waals surface area contributed by atoms with E-state index in [1.807, 2.05) is 18.2 Å². The molecule has 1 atom stereocenters. The summed E-state index contributed by atoms with van der Waals surface area (Å²) in [5, 5.41) is 0. The minimum absolute atomic E-state index is 0.0313. The highest BCUT2D eigenvalue weighted by atomic mass is 32.2. The summed E-state index contributed by atoms with van der Waals surface area (Å²) >= 11 is -1.59. The Bertz CT molecular complexity index is 464. The second-order valence-electron chi connectivity index (χ2n) is 3.16. The van der Waals surface area contributed by atoms with Crippen LogP contribution in [0, 0.1) is 0 Å². The zero-order chi connectivity index (χ0) is 11.5. The standard InChI is InChI=1S/C11H10O4S/c1-14-11(12)9-7-15-16(13)10(9)8-5-3-2-4-6-8/h2-6H,7H2,1H3. The van der Waals surface area contributed by atoms with E-state index in [1.54, 1.807) is 12.1 Å². The molecule has 0 N–H and O–H groups in total. The SMILES string of the molecule is COC(=O)C1=C(c2ccccc2)S(=O)OC1. The van der Waals surface area contributed by atoms with Crippen molar-refractivity contribution in [3.63, 3.8) is 0 Å². The zero-order valence-electron chi connectivity index (χ0n) is 8.64. The van der Waals surface area contributed by atoms with Crippen molar-refractivity contribution in [3.05, 3.63) is 41.5 Å². The normalized spacial score (nSPS) is 19.9. The van der Waals surface area contributed by atoms with Gasteiger partial charge in [0.25, 0.3) is 0 Å². The van der Waals surface area contributed by atoms with Gasteiger partial charge in [-0.25, -0.2) is 9.00 Å². The molecule has 1 aromatic rings. The van der Waals surface area contributed by atoms with Crippen LogP contribution in [0.25, 0.3) is 4.91 Å². The third-order valence-corrected chi connectivity index (χ3v) is 3.37. The summed E-state index contributed by atoms with van der Waals surface area (Å²) in [5.41, 5.74) is 1.05. The summed E-state index contributed by atoms with van der Waals surface area (Å²) in [4.78, 5) is 11.9. The maximum Gasteiger partial charge on any atom is 0.337 e. The fourth-order valence-electron chi connectivity index (χ4n) is 1.47. The molecule has 16 heavy (non-hydrogen) atoms. The molecule has 4 nitrogen and oxygen atoms in total. The van der Waals surface area contributed by atoms with Gasteiger partial charge in [-0.1, -0.05) is 30.3 Å². The van der Waals surface area contributed by atoms with E-state index in [2.05, 4.69) is 4.74 Å². The molecule has 2 rings (SSSR count). The van der Waals surface area contributed by atoms with Gasteiger partial charge in [0.2, 0.25) is 0 Å². The molecule has 1 aliphatic rings. The van der Waals surface area contributed by atoms with Crippen molar-refractivity contribution in [2.75, 3.05) is 13.7 Å². The first-order valence-corrected chi connectivity index (χ1v) is 5.73. The molecule has 1 aliphatic heterocycles. The van der Waals surface area contributed by atoms with Gasteiger partial charge in [-0.3, -0.25) is 4.18 Å².